The minimum atomic E-state index is -4.12. The number of phosphoric acid groups is 2. The van der Waals surface area contributed by atoms with Crippen molar-refractivity contribution in [3.8, 4) is 0 Å². The third-order valence-electron chi connectivity index (χ3n) is 15.0. The Morgan fingerprint density at radius 3 is 0.400 bits per heavy atom. The molecule has 0 radical (unpaired) electrons. The van der Waals surface area contributed by atoms with E-state index in [0.29, 0.717) is 0 Å². The monoisotopic (exact) mass is 1110 g/mol. The van der Waals surface area contributed by atoms with Crippen molar-refractivity contribution in [1.82, 2.24) is 0 Å². The zero-order chi connectivity index (χ0) is 54.3. The van der Waals surface area contributed by atoms with Gasteiger partial charge in [-0.2, -0.15) is 0 Å². The first-order valence-electron chi connectivity index (χ1n) is 33.4. The van der Waals surface area contributed by atoms with Crippen LogP contribution in [0.2, 0.25) is 0 Å². The third kappa shape index (κ3) is 75.0. The van der Waals surface area contributed by atoms with Gasteiger partial charge in [0.05, 0.1) is 26.4 Å². The van der Waals surface area contributed by atoms with Crippen molar-refractivity contribution in [2.75, 3.05) is 26.4 Å². The summed E-state index contributed by atoms with van der Waals surface area (Å²) in [5.74, 6) is 0. The second-order valence-corrected chi connectivity index (χ2v) is 25.4. The van der Waals surface area contributed by atoms with Crippen LogP contribution in [-0.4, -0.2) is 49.5 Å². The van der Waals surface area contributed by atoms with Gasteiger partial charge >= 0.3 is 23.1 Å². The quantitative estimate of drug-likeness (QED) is 0.0336. The Morgan fingerprint density at radius 1 is 0.200 bits per heavy atom. The zero-order valence-corrected chi connectivity index (χ0v) is 54.5. The molecular formula is C64H132MgO8P2. The first-order valence-corrected chi connectivity index (χ1v) is 36.4. The van der Waals surface area contributed by atoms with Crippen LogP contribution in [-0.2, 0) is 27.2 Å². The van der Waals surface area contributed by atoms with Crippen LogP contribution in [0.3, 0.4) is 0 Å². The van der Waals surface area contributed by atoms with Crippen LogP contribution in [0.4, 0.5) is 0 Å². The van der Waals surface area contributed by atoms with Gasteiger partial charge in [-0.3, -0.25) is 9.13 Å². The number of hydrogen-bond acceptors (Lipinski definition) is 8. The molecule has 448 valence electrons. The molecule has 0 aromatic rings. The van der Waals surface area contributed by atoms with E-state index in [2.05, 4.69) is 27.7 Å². The maximum absolute atomic E-state index is 11.9. The van der Waals surface area contributed by atoms with Crippen molar-refractivity contribution in [1.29, 1.82) is 0 Å². The molecule has 8 nitrogen and oxygen atoms in total. The minimum absolute atomic E-state index is 0. The molecule has 0 atom stereocenters. The van der Waals surface area contributed by atoms with Crippen LogP contribution in [0.15, 0.2) is 0 Å². The third-order valence-corrected chi connectivity index (χ3v) is 17.0. The standard InChI is InChI=1S/2C32H67O4P.Mg/c2*1-3-5-7-9-11-13-15-17-19-21-23-25-27-29-31-35-37(33,34)36-32-30-28-26-24-22-20-18-16-14-12-10-8-6-4-2;/h2*3-32H2,1-2H3,(H,33,34);/q;;+2/p-2. The molecule has 0 aromatic carbocycles. The summed E-state index contributed by atoms with van der Waals surface area (Å²) in [6.07, 6.45) is 72.1. The van der Waals surface area contributed by atoms with Crippen molar-refractivity contribution < 1.29 is 37.0 Å². The summed E-state index contributed by atoms with van der Waals surface area (Å²) >= 11 is 0. The summed E-state index contributed by atoms with van der Waals surface area (Å²) in [5, 5.41) is 0. The molecule has 0 heterocycles. The van der Waals surface area contributed by atoms with E-state index < -0.39 is 15.6 Å². The van der Waals surface area contributed by atoms with Gasteiger partial charge in [-0.1, -0.05) is 362 Å². The summed E-state index contributed by atoms with van der Waals surface area (Å²) in [6, 6.07) is 0. The molecule has 0 N–H and O–H groups in total. The normalized spacial score (nSPS) is 11.8. The van der Waals surface area contributed by atoms with Crippen LogP contribution in [0.25, 0.3) is 0 Å². The van der Waals surface area contributed by atoms with Gasteiger partial charge in [-0.25, -0.2) is 0 Å². The maximum Gasteiger partial charge on any atom is 2.00 e. The molecule has 0 unspecified atom stereocenters. The number of unbranched alkanes of at least 4 members (excludes halogenated alkanes) is 52. The molecule has 0 aliphatic rings. The van der Waals surface area contributed by atoms with Gasteiger partial charge in [-0.05, 0) is 25.7 Å². The Hall–Kier alpha value is 0.986. The van der Waals surface area contributed by atoms with Gasteiger partial charge in [0.1, 0.15) is 0 Å². The Labute approximate surface area is 486 Å². The Morgan fingerprint density at radius 2 is 0.293 bits per heavy atom. The van der Waals surface area contributed by atoms with E-state index in [-0.39, 0.29) is 49.5 Å². The summed E-state index contributed by atoms with van der Waals surface area (Å²) in [4.78, 5) is 23.8. The Bertz CT molecular complexity index is 959. The summed E-state index contributed by atoms with van der Waals surface area (Å²) in [7, 11) is -8.23. The second-order valence-electron chi connectivity index (χ2n) is 22.6. The van der Waals surface area contributed by atoms with Gasteiger partial charge < -0.3 is 27.9 Å². The number of phosphoric ester groups is 2. The van der Waals surface area contributed by atoms with E-state index in [9.17, 15) is 18.9 Å². The van der Waals surface area contributed by atoms with Crippen LogP contribution >= 0.6 is 15.6 Å². The maximum atomic E-state index is 11.9. The van der Waals surface area contributed by atoms with E-state index >= 15 is 0 Å². The molecule has 0 rings (SSSR count). The predicted octanol–water partition coefficient (Wildman–Crippen LogP) is 22.5. The SMILES string of the molecule is CCCCCCCCCCCCCCCCOP(=O)([O-])OCCCCCCCCCCCCCCCC.CCCCCCCCCCCCCCCCOP(=O)([O-])OCCCCCCCCCCCCCCCC.[Mg+2]. The van der Waals surface area contributed by atoms with Crippen LogP contribution in [0, 0.1) is 0 Å². The van der Waals surface area contributed by atoms with Crippen LogP contribution < -0.4 is 9.79 Å². The van der Waals surface area contributed by atoms with Crippen LogP contribution in [0.1, 0.15) is 387 Å². The molecule has 0 saturated heterocycles. The molecule has 0 aromatic heterocycles. The van der Waals surface area contributed by atoms with E-state index in [1.165, 1.54) is 308 Å². The fourth-order valence-electron chi connectivity index (χ4n) is 9.97. The summed E-state index contributed by atoms with van der Waals surface area (Å²) < 4.78 is 43.9. The van der Waals surface area contributed by atoms with E-state index in [0.717, 1.165) is 51.4 Å². The summed E-state index contributed by atoms with van der Waals surface area (Å²) in [5.41, 5.74) is 0. The van der Waals surface area contributed by atoms with Crippen molar-refractivity contribution in [2.24, 2.45) is 0 Å². The molecule has 0 spiro atoms. The molecular weight excluding hydrogens is 983 g/mol. The van der Waals surface area contributed by atoms with E-state index in [1.807, 2.05) is 0 Å². The fourth-order valence-corrected chi connectivity index (χ4v) is 11.5. The molecule has 0 fully saturated rings. The molecule has 0 aliphatic carbocycles. The Kier molecular flexibility index (Phi) is 74.1. The van der Waals surface area contributed by atoms with Gasteiger partial charge in [0.2, 0.25) is 0 Å². The molecule has 0 aliphatic heterocycles. The smallest absolute Gasteiger partial charge is 0.756 e. The van der Waals surface area contributed by atoms with Crippen molar-refractivity contribution in [3.05, 3.63) is 0 Å². The van der Waals surface area contributed by atoms with E-state index in [4.69, 9.17) is 18.1 Å². The molecule has 0 bridgehead atoms. The first-order chi connectivity index (χ1) is 36.2. The molecule has 75 heavy (non-hydrogen) atoms. The minimum Gasteiger partial charge on any atom is -0.756 e. The zero-order valence-electron chi connectivity index (χ0n) is 51.3. The average Bonchev–Trinajstić information content (AvgIpc) is 3.38. The van der Waals surface area contributed by atoms with Crippen molar-refractivity contribution >= 4 is 38.7 Å². The van der Waals surface area contributed by atoms with Crippen molar-refractivity contribution in [2.45, 2.75) is 387 Å². The summed E-state index contributed by atoms with van der Waals surface area (Å²) in [6.45, 7) is 10.1. The van der Waals surface area contributed by atoms with Crippen molar-refractivity contribution in [3.63, 3.8) is 0 Å². The first kappa shape index (κ1) is 80.2. The van der Waals surface area contributed by atoms with Gasteiger partial charge in [-0.15, -0.1) is 0 Å². The Balaban J connectivity index is -0.00000136. The van der Waals surface area contributed by atoms with Crippen LogP contribution in [0.5, 0.6) is 0 Å². The number of rotatable bonds is 64. The topological polar surface area (TPSA) is 117 Å². The fraction of sp³-hybridized carbons (Fsp3) is 1.00. The van der Waals surface area contributed by atoms with E-state index in [1.54, 1.807) is 0 Å². The van der Waals surface area contributed by atoms with Gasteiger partial charge in [0.25, 0.3) is 15.6 Å². The second kappa shape index (κ2) is 69.3. The van der Waals surface area contributed by atoms with Gasteiger partial charge in [0.15, 0.2) is 0 Å². The molecule has 0 amide bonds. The van der Waals surface area contributed by atoms with Gasteiger partial charge in [0, 0.05) is 0 Å². The molecule has 11 heteroatoms. The number of hydrogen-bond donors (Lipinski definition) is 0. The molecule has 0 saturated carbocycles. The predicted molar refractivity (Wildman–Crippen MR) is 326 cm³/mol. The largest absolute Gasteiger partial charge is 2.00 e. The average molecular weight is 1120 g/mol.